The number of rotatable bonds is 31. The molecule has 0 fully saturated rings. The number of ether oxygens (including phenoxy) is 2. The van der Waals surface area contributed by atoms with Gasteiger partial charge in [-0.1, -0.05) is 127 Å². The second kappa shape index (κ2) is 40.2. The van der Waals surface area contributed by atoms with Gasteiger partial charge in [-0.25, -0.2) is 15.0 Å². The van der Waals surface area contributed by atoms with E-state index in [1.54, 1.807) is 68.7 Å². The monoisotopic (exact) mass is 1670 g/mol. The molecule has 0 aliphatic rings. The molecule has 12 aromatic heterocycles. The van der Waals surface area contributed by atoms with Crippen molar-refractivity contribution in [1.82, 2.24) is 75.4 Å². The summed E-state index contributed by atoms with van der Waals surface area (Å²) < 4.78 is 19.1. The van der Waals surface area contributed by atoms with Gasteiger partial charge < -0.3 is 14.8 Å². The molecule has 105 heavy (non-hydrogen) atoms. The van der Waals surface area contributed by atoms with Crippen molar-refractivity contribution in [1.29, 1.82) is 0 Å². The molecule has 12 heterocycles. The van der Waals surface area contributed by atoms with Crippen LogP contribution in [0.1, 0.15) is 134 Å². The van der Waals surface area contributed by atoms with Crippen LogP contribution in [0.15, 0.2) is 151 Å². The minimum absolute atomic E-state index is 0.315. The Morgan fingerprint density at radius 1 is 0.448 bits per heavy atom. The first kappa shape index (κ1) is 81.9. The molecular weight excluding hydrogens is 1570 g/mol. The third-order valence-electron chi connectivity index (χ3n) is 17.3. The zero-order chi connectivity index (χ0) is 74.9. The summed E-state index contributed by atoms with van der Waals surface area (Å²) in [7, 11) is -2.32. The fraction of sp³-hybridized carbons (Fsp3) is 0.423. The van der Waals surface area contributed by atoms with Crippen molar-refractivity contribution >= 4 is 154 Å². The molecule has 0 bridgehead atoms. The molecule has 0 atom stereocenters. The molecule has 1 N–H and O–H groups in total. The summed E-state index contributed by atoms with van der Waals surface area (Å²) in [6.45, 7) is 36.0. The van der Waals surface area contributed by atoms with Gasteiger partial charge in [-0.05, 0) is 107 Å². The van der Waals surface area contributed by atoms with E-state index < -0.39 is 34.5 Å². The van der Waals surface area contributed by atoms with Gasteiger partial charge in [-0.3, -0.25) is 34.7 Å². The number of pyridine rings is 9. The summed E-state index contributed by atoms with van der Waals surface area (Å²) in [5.74, 6) is 3.26. The van der Waals surface area contributed by atoms with Gasteiger partial charge >= 0.3 is 124 Å². The Bertz CT molecular complexity index is 4590. The van der Waals surface area contributed by atoms with Gasteiger partial charge in [0.25, 0.3) is 0 Å². The number of halogens is 1. The van der Waals surface area contributed by atoms with Crippen LogP contribution in [0.3, 0.4) is 0 Å². The van der Waals surface area contributed by atoms with Crippen LogP contribution in [0, 0.1) is 0 Å². The zero-order valence-electron chi connectivity index (χ0n) is 63.7. The van der Waals surface area contributed by atoms with E-state index in [0.29, 0.717) is 37.0 Å². The average molecular weight is 1680 g/mol. The first-order valence-corrected chi connectivity index (χ1v) is 54.8. The Hall–Kier alpha value is -7.16. The molecule has 0 saturated carbocycles. The summed E-state index contributed by atoms with van der Waals surface area (Å²) in [5, 5.41) is 34.5. The van der Waals surface area contributed by atoms with Crippen molar-refractivity contribution in [2.45, 2.75) is 183 Å². The number of fused-ring (bicyclic) bond motifs is 3. The van der Waals surface area contributed by atoms with Crippen molar-refractivity contribution < 1.29 is 9.47 Å². The first-order valence-electron chi connectivity index (χ1n) is 36.7. The number of aromatic nitrogens is 15. The topological polar surface area (TPSA) is 230 Å². The SMILES string of the molecule is CC(C)c1nnc(N(COCC[Si](C)(C)C)c2ccc3nccc(-c4ccccn4)c3n2)s1.CC(C)c1nnc(N(COCC[Si](C)(C)C)c2ccc3nccc(Br)c3n2)s1.CC(C)c1nnc(Nc2ccc3nccc(-c4ccccn4)c3n2)s1.CCC[CH2][Sn]([CH2]CCC)([CH2]CCC)[c]1ccccn1. The molecule has 0 aliphatic carbocycles. The normalized spacial score (nSPS) is 11.8. The second-order valence-electron chi connectivity index (χ2n) is 29.3. The molecule has 0 spiro atoms. The van der Waals surface area contributed by atoms with Crippen LogP contribution in [0.5, 0.6) is 0 Å². The Morgan fingerprint density at radius 3 is 1.30 bits per heavy atom. The molecule has 12 rings (SSSR count). The Balaban J connectivity index is 0.000000165. The zero-order valence-corrected chi connectivity index (χ0v) is 72.6. The van der Waals surface area contributed by atoms with Crippen molar-refractivity contribution in [3.63, 3.8) is 0 Å². The van der Waals surface area contributed by atoms with Crippen LogP contribution < -0.4 is 18.8 Å². The average Bonchev–Trinajstić information content (AvgIpc) is 1.69. The molecule has 0 aromatic carbocycles. The van der Waals surface area contributed by atoms with Gasteiger partial charge in [-0.15, -0.1) is 30.6 Å². The molecule has 12 aromatic rings. The molecule has 0 saturated heterocycles. The van der Waals surface area contributed by atoms with Crippen molar-refractivity contribution in [3.8, 4) is 22.5 Å². The van der Waals surface area contributed by atoms with E-state index in [1.807, 2.05) is 107 Å². The van der Waals surface area contributed by atoms with Gasteiger partial charge in [0.2, 0.25) is 15.4 Å². The number of nitrogens with zero attached hydrogens (tertiary/aromatic N) is 17. The number of anilines is 6. The van der Waals surface area contributed by atoms with E-state index in [2.05, 4.69) is 197 Å². The van der Waals surface area contributed by atoms with E-state index in [9.17, 15) is 0 Å². The van der Waals surface area contributed by atoms with E-state index in [-0.39, 0.29) is 0 Å². The fourth-order valence-electron chi connectivity index (χ4n) is 11.1. The van der Waals surface area contributed by atoms with Gasteiger partial charge in [0.05, 0.1) is 27.9 Å². The minimum atomic E-state index is -2.21. The maximum absolute atomic E-state index is 6.11. The van der Waals surface area contributed by atoms with Crippen LogP contribution >= 0.6 is 49.9 Å². The quantitative estimate of drug-likeness (QED) is 0.0242. The van der Waals surface area contributed by atoms with E-state index in [1.165, 1.54) is 51.8 Å². The Morgan fingerprint density at radius 2 is 0.876 bits per heavy atom. The molecule has 0 aliphatic heterocycles. The van der Waals surface area contributed by atoms with Gasteiger partial charge in [-0.2, -0.15) is 0 Å². The third kappa shape index (κ3) is 24.2. The molecular formula is C78H103BrN18O2S3Si2Sn. The van der Waals surface area contributed by atoms with Crippen LogP contribution in [-0.2, 0) is 9.47 Å². The summed E-state index contributed by atoms with van der Waals surface area (Å²) in [6, 6.07) is 38.1. The van der Waals surface area contributed by atoms with E-state index in [0.717, 1.165) is 127 Å². The Labute approximate surface area is 647 Å². The summed E-state index contributed by atoms with van der Waals surface area (Å²) in [6.07, 6.45) is 19.2. The number of hydrogen-bond donors (Lipinski definition) is 1. The van der Waals surface area contributed by atoms with Crippen LogP contribution in [-0.4, -0.2) is 137 Å². The van der Waals surface area contributed by atoms with E-state index in [4.69, 9.17) is 29.4 Å². The standard InChI is InChI=1S/C24H30N6OSSi.C19H26BrN5OSSi.C18H16N6S.C5H4N.3C4H9.Sn/c1-17(2)23-28-29-24(32-23)30(16-31-14-15-33(3,4)5)21-10-9-20-22(27-21)18(11-13-26-20)19-8-6-7-12-25-19;1-13(2)18-23-24-19(27-18)25(12-26-10-11-28(3,4)5)16-7-6-15-17(22-16)14(20)8-9-21-15;1-11(2)17-23-24-18(25-17)22-15-7-6-14-16(21-15)12(8-10-20-14)13-5-3-4-9-19-13;1-2-4-6-5-3-1;3*1-3-4-2;/h6-13,17H,14-16H2,1-5H3;6-9,13H,10-12H2,1-5H3;3-11H,1-2H3,(H,21,22,24);1-4H;3*1,3-4H2,2H3;. The van der Waals surface area contributed by atoms with Gasteiger partial charge in [0, 0.05) is 93.7 Å². The fourth-order valence-corrected chi connectivity index (χ4v) is 30.9. The van der Waals surface area contributed by atoms with Crippen LogP contribution in [0.2, 0.25) is 64.7 Å². The molecule has 0 amide bonds. The number of unbranched alkanes of at least 4 members (excludes halogenated alkanes) is 3. The summed E-state index contributed by atoms with van der Waals surface area (Å²) >= 11 is 6.07. The van der Waals surface area contributed by atoms with Crippen molar-refractivity contribution in [2.24, 2.45) is 0 Å². The summed E-state index contributed by atoms with van der Waals surface area (Å²) in [5.41, 5.74) is 8.56. The first-order chi connectivity index (χ1) is 50.5. The van der Waals surface area contributed by atoms with Crippen molar-refractivity contribution in [2.75, 3.05) is 41.8 Å². The summed E-state index contributed by atoms with van der Waals surface area (Å²) in [4.78, 5) is 45.6. The molecule has 20 nitrogen and oxygen atoms in total. The molecule has 0 unspecified atom stereocenters. The molecule has 0 radical (unpaired) electrons. The molecule has 27 heteroatoms. The van der Waals surface area contributed by atoms with Gasteiger partial charge in [0.1, 0.15) is 62.5 Å². The predicted octanol–water partition coefficient (Wildman–Crippen LogP) is 21.5. The van der Waals surface area contributed by atoms with Crippen molar-refractivity contribution in [3.05, 3.63) is 166 Å². The van der Waals surface area contributed by atoms with Crippen LogP contribution in [0.4, 0.5) is 32.8 Å². The molecule has 554 valence electrons. The maximum atomic E-state index is 6.11. The number of nitrogens with one attached hydrogen (secondary N) is 1. The number of hydrogen-bond acceptors (Lipinski definition) is 23. The second-order valence-corrected chi connectivity index (χ2v) is 57.4. The third-order valence-corrected chi connectivity index (χ3v) is 40.1. The predicted molar refractivity (Wildman–Crippen MR) is 449 cm³/mol. The van der Waals surface area contributed by atoms with Crippen LogP contribution in [0.25, 0.3) is 55.6 Å². The Kier molecular flexibility index (Phi) is 31.3. The van der Waals surface area contributed by atoms with E-state index >= 15 is 0 Å². The van der Waals surface area contributed by atoms with Gasteiger partial charge in [0.15, 0.2) is 0 Å².